The van der Waals surface area contributed by atoms with E-state index in [1.807, 2.05) is 6.92 Å². The number of rotatable bonds is 6. The fourth-order valence-electron chi connectivity index (χ4n) is 1.74. The first-order valence-electron chi connectivity index (χ1n) is 6.07. The van der Waals surface area contributed by atoms with Gasteiger partial charge in [-0.2, -0.15) is 0 Å². The Balaban J connectivity index is 3.15. The molecule has 0 saturated carbocycles. The predicted octanol–water partition coefficient (Wildman–Crippen LogP) is 0.790. The number of amides is 1. The Hall–Kier alpha value is -1.40. The molecule has 5 nitrogen and oxygen atoms in total. The van der Waals surface area contributed by atoms with Gasteiger partial charge in [0.1, 0.15) is 5.54 Å². The normalized spacial score (nSPS) is 14.9. The lowest BCUT2D eigenvalue weighted by atomic mass is 9.91. The minimum atomic E-state index is -3.24. The molecule has 0 bridgehead atoms. The standard InChI is InChI=1S/C13H20N2O3S/c1-4-9-15-13(2,12(14)16)10-5-7-11(8-6-10)19(3,17)18/h5-8,15H,4,9H2,1-3H3,(H2,14,16). The van der Waals surface area contributed by atoms with Crippen molar-refractivity contribution in [1.82, 2.24) is 5.32 Å². The molecular formula is C13H20N2O3S. The molecule has 1 amide bonds. The Labute approximate surface area is 114 Å². The van der Waals surface area contributed by atoms with Crippen LogP contribution in [0.2, 0.25) is 0 Å². The topological polar surface area (TPSA) is 89.3 Å². The first kappa shape index (κ1) is 15.7. The molecular weight excluding hydrogens is 264 g/mol. The van der Waals surface area contributed by atoms with Crippen LogP contribution in [-0.4, -0.2) is 27.1 Å². The second-order valence-electron chi connectivity index (χ2n) is 4.71. The molecule has 0 radical (unpaired) electrons. The van der Waals surface area contributed by atoms with Crippen molar-refractivity contribution in [3.8, 4) is 0 Å². The lowest BCUT2D eigenvalue weighted by molar-refractivity contribution is -0.124. The Kier molecular flexibility index (Phi) is 4.70. The van der Waals surface area contributed by atoms with Gasteiger partial charge in [0, 0.05) is 6.26 Å². The van der Waals surface area contributed by atoms with Crippen LogP contribution in [0.25, 0.3) is 0 Å². The molecule has 0 spiro atoms. The zero-order chi connectivity index (χ0) is 14.7. The van der Waals surface area contributed by atoms with E-state index in [-0.39, 0.29) is 4.90 Å². The minimum absolute atomic E-state index is 0.221. The van der Waals surface area contributed by atoms with Crippen LogP contribution in [0, 0.1) is 0 Å². The third-order valence-electron chi connectivity index (χ3n) is 3.08. The molecule has 3 N–H and O–H groups in total. The van der Waals surface area contributed by atoms with Gasteiger partial charge >= 0.3 is 0 Å². The molecule has 1 atom stereocenters. The molecule has 1 unspecified atom stereocenters. The summed E-state index contributed by atoms with van der Waals surface area (Å²) in [6.07, 6.45) is 2.01. The maximum absolute atomic E-state index is 11.7. The van der Waals surface area contributed by atoms with Crippen LogP contribution in [0.1, 0.15) is 25.8 Å². The van der Waals surface area contributed by atoms with Gasteiger partial charge in [-0.05, 0) is 37.6 Å². The van der Waals surface area contributed by atoms with Gasteiger partial charge in [-0.3, -0.25) is 10.1 Å². The highest BCUT2D eigenvalue weighted by molar-refractivity contribution is 7.90. The van der Waals surface area contributed by atoms with E-state index in [1.54, 1.807) is 19.1 Å². The summed E-state index contributed by atoms with van der Waals surface area (Å²) in [5.74, 6) is -0.493. The highest BCUT2D eigenvalue weighted by Crippen LogP contribution is 2.22. The molecule has 0 saturated heterocycles. The van der Waals surface area contributed by atoms with Crippen molar-refractivity contribution < 1.29 is 13.2 Å². The maximum Gasteiger partial charge on any atom is 0.242 e. The van der Waals surface area contributed by atoms with Crippen LogP contribution in [0.4, 0.5) is 0 Å². The van der Waals surface area contributed by atoms with Crippen molar-refractivity contribution in [3.05, 3.63) is 29.8 Å². The van der Waals surface area contributed by atoms with E-state index in [2.05, 4.69) is 5.32 Å². The molecule has 106 valence electrons. The average Bonchev–Trinajstić information content (AvgIpc) is 2.34. The van der Waals surface area contributed by atoms with Gasteiger partial charge < -0.3 is 5.73 Å². The van der Waals surface area contributed by atoms with E-state index in [0.29, 0.717) is 12.1 Å². The van der Waals surface area contributed by atoms with E-state index in [0.717, 1.165) is 12.7 Å². The molecule has 1 rings (SSSR count). The second-order valence-corrected chi connectivity index (χ2v) is 6.73. The smallest absolute Gasteiger partial charge is 0.242 e. The van der Waals surface area contributed by atoms with E-state index in [9.17, 15) is 13.2 Å². The van der Waals surface area contributed by atoms with E-state index in [1.165, 1.54) is 12.1 Å². The summed E-state index contributed by atoms with van der Waals surface area (Å²) in [4.78, 5) is 11.9. The van der Waals surface area contributed by atoms with Gasteiger partial charge in [0.25, 0.3) is 0 Å². The van der Waals surface area contributed by atoms with Gasteiger partial charge in [-0.25, -0.2) is 8.42 Å². The second kappa shape index (κ2) is 5.71. The molecule has 1 aromatic rings. The summed E-state index contributed by atoms with van der Waals surface area (Å²) in [5.41, 5.74) is 5.11. The molecule has 0 aliphatic carbocycles. The number of benzene rings is 1. The van der Waals surface area contributed by atoms with Crippen LogP contribution in [0.15, 0.2) is 29.2 Å². The van der Waals surface area contributed by atoms with Crippen LogP contribution < -0.4 is 11.1 Å². The highest BCUT2D eigenvalue weighted by Gasteiger charge is 2.32. The maximum atomic E-state index is 11.7. The van der Waals surface area contributed by atoms with Crippen molar-refractivity contribution >= 4 is 15.7 Å². The molecule has 0 heterocycles. The zero-order valence-electron chi connectivity index (χ0n) is 11.4. The SMILES string of the molecule is CCCNC(C)(C(N)=O)c1ccc(S(C)(=O)=O)cc1. The van der Waals surface area contributed by atoms with Gasteiger partial charge in [0.2, 0.25) is 5.91 Å². The monoisotopic (exact) mass is 284 g/mol. The zero-order valence-corrected chi connectivity index (χ0v) is 12.3. The van der Waals surface area contributed by atoms with Crippen LogP contribution >= 0.6 is 0 Å². The summed E-state index contributed by atoms with van der Waals surface area (Å²) >= 11 is 0. The van der Waals surface area contributed by atoms with E-state index >= 15 is 0 Å². The third kappa shape index (κ3) is 3.54. The van der Waals surface area contributed by atoms with E-state index < -0.39 is 21.3 Å². The van der Waals surface area contributed by atoms with E-state index in [4.69, 9.17) is 5.73 Å². The molecule has 0 fully saturated rings. The van der Waals surface area contributed by atoms with Crippen molar-refractivity contribution in [2.24, 2.45) is 5.73 Å². The minimum Gasteiger partial charge on any atom is -0.368 e. The lowest BCUT2D eigenvalue weighted by Crippen LogP contribution is -2.50. The number of nitrogens with one attached hydrogen (secondary N) is 1. The number of carbonyl (C=O) groups excluding carboxylic acids is 1. The van der Waals surface area contributed by atoms with Gasteiger partial charge in [-0.15, -0.1) is 0 Å². The molecule has 0 aliphatic rings. The van der Waals surface area contributed by atoms with Crippen LogP contribution in [0.5, 0.6) is 0 Å². The Morgan fingerprint density at radius 2 is 1.84 bits per heavy atom. The first-order chi connectivity index (χ1) is 8.71. The summed E-state index contributed by atoms with van der Waals surface area (Å²) in [6, 6.07) is 6.20. The molecule has 1 aromatic carbocycles. The molecule has 19 heavy (non-hydrogen) atoms. The fraction of sp³-hybridized carbons (Fsp3) is 0.462. The largest absolute Gasteiger partial charge is 0.368 e. The Bertz CT molecular complexity index is 552. The summed E-state index contributed by atoms with van der Waals surface area (Å²) in [7, 11) is -3.24. The number of hydrogen-bond acceptors (Lipinski definition) is 4. The Morgan fingerprint density at radius 3 is 2.21 bits per heavy atom. The lowest BCUT2D eigenvalue weighted by Gasteiger charge is -2.28. The number of sulfone groups is 1. The van der Waals surface area contributed by atoms with Gasteiger partial charge in [0.15, 0.2) is 9.84 Å². The predicted molar refractivity (Wildman–Crippen MR) is 74.4 cm³/mol. The van der Waals surface area contributed by atoms with Crippen LogP contribution in [-0.2, 0) is 20.2 Å². The quantitative estimate of drug-likeness (QED) is 0.808. The van der Waals surface area contributed by atoms with Crippen molar-refractivity contribution in [2.45, 2.75) is 30.7 Å². The van der Waals surface area contributed by atoms with Crippen molar-refractivity contribution in [1.29, 1.82) is 0 Å². The Morgan fingerprint density at radius 1 is 1.32 bits per heavy atom. The number of primary amides is 1. The average molecular weight is 284 g/mol. The highest BCUT2D eigenvalue weighted by atomic mass is 32.2. The van der Waals surface area contributed by atoms with Gasteiger partial charge in [0.05, 0.1) is 4.90 Å². The molecule has 6 heteroatoms. The molecule has 0 aliphatic heterocycles. The van der Waals surface area contributed by atoms with Crippen molar-refractivity contribution in [3.63, 3.8) is 0 Å². The third-order valence-corrected chi connectivity index (χ3v) is 4.21. The number of carbonyl (C=O) groups is 1. The van der Waals surface area contributed by atoms with Crippen molar-refractivity contribution in [2.75, 3.05) is 12.8 Å². The fourth-order valence-corrected chi connectivity index (χ4v) is 2.37. The number of hydrogen-bond donors (Lipinski definition) is 2. The summed E-state index contributed by atoms with van der Waals surface area (Å²) in [5, 5.41) is 3.10. The van der Waals surface area contributed by atoms with Gasteiger partial charge in [-0.1, -0.05) is 19.1 Å². The molecule has 0 aromatic heterocycles. The van der Waals surface area contributed by atoms with Crippen LogP contribution in [0.3, 0.4) is 0 Å². The first-order valence-corrected chi connectivity index (χ1v) is 7.96. The summed E-state index contributed by atoms with van der Waals surface area (Å²) in [6.45, 7) is 4.33. The number of nitrogens with two attached hydrogens (primary N) is 1. The summed E-state index contributed by atoms with van der Waals surface area (Å²) < 4.78 is 22.8.